The highest BCUT2D eigenvalue weighted by atomic mass is 32.2. The molecule has 0 aliphatic carbocycles. The van der Waals surface area contributed by atoms with Crippen molar-refractivity contribution in [2.75, 3.05) is 37.4 Å². The molecule has 0 bridgehead atoms. The number of thioether (sulfide) groups is 1. The van der Waals surface area contributed by atoms with E-state index in [9.17, 15) is 13.2 Å². The van der Waals surface area contributed by atoms with Crippen molar-refractivity contribution in [2.45, 2.75) is 26.2 Å². The van der Waals surface area contributed by atoms with Crippen molar-refractivity contribution in [2.24, 2.45) is 5.92 Å². The Morgan fingerprint density at radius 1 is 1.39 bits per heavy atom. The summed E-state index contributed by atoms with van der Waals surface area (Å²) in [5.41, 5.74) is 5.23. The molecule has 0 aromatic carbocycles. The van der Waals surface area contributed by atoms with E-state index < -0.39 is 10.0 Å². The van der Waals surface area contributed by atoms with Crippen molar-refractivity contribution in [3.05, 3.63) is 0 Å². The highest BCUT2D eigenvalue weighted by Crippen LogP contribution is 2.19. The minimum Gasteiger partial charge on any atom is -0.361 e. The fourth-order valence-corrected chi connectivity index (χ4v) is 4.04. The normalized spacial score (nSPS) is 19.1. The Morgan fingerprint density at radius 3 is 2.78 bits per heavy atom. The highest BCUT2D eigenvalue weighted by molar-refractivity contribution is 7.98. The molecule has 1 rings (SSSR count). The Morgan fingerprint density at radius 2 is 2.13 bits per heavy atom. The average molecular weight is 383 g/mol. The summed E-state index contributed by atoms with van der Waals surface area (Å²) in [6, 6.07) is 0. The Kier molecular flexibility index (Phi) is 9.18. The summed E-state index contributed by atoms with van der Waals surface area (Å²) in [7, 11) is -3.24. The number of hydrazine groups is 1. The number of nitrogens with zero attached hydrogens (tertiary/aromatic N) is 1. The second kappa shape index (κ2) is 10.3. The minimum absolute atomic E-state index is 0.0592. The number of nitrogens with one attached hydrogen (secondary N) is 3. The SMILES string of the molecule is CCS(=O)(=O)N1CCCC(C(=O)NNC(=S)NCCCSC)C1. The maximum Gasteiger partial charge on any atom is 0.242 e. The van der Waals surface area contributed by atoms with Gasteiger partial charge in [-0.1, -0.05) is 0 Å². The zero-order chi connectivity index (χ0) is 17.3. The number of hydrogen-bond acceptors (Lipinski definition) is 5. The zero-order valence-electron chi connectivity index (χ0n) is 13.6. The fraction of sp³-hybridized carbons (Fsp3) is 0.846. The quantitative estimate of drug-likeness (QED) is 0.331. The van der Waals surface area contributed by atoms with Gasteiger partial charge >= 0.3 is 0 Å². The van der Waals surface area contributed by atoms with Crippen molar-refractivity contribution in [3.63, 3.8) is 0 Å². The van der Waals surface area contributed by atoms with Crippen LogP contribution >= 0.6 is 24.0 Å². The zero-order valence-corrected chi connectivity index (χ0v) is 16.1. The molecule has 3 N–H and O–H groups in total. The van der Waals surface area contributed by atoms with Gasteiger partial charge in [0.1, 0.15) is 0 Å². The predicted molar refractivity (Wildman–Crippen MR) is 98.6 cm³/mol. The number of amides is 1. The lowest BCUT2D eigenvalue weighted by atomic mass is 9.99. The Bertz CT molecular complexity index is 499. The van der Waals surface area contributed by atoms with Gasteiger partial charge in [-0.3, -0.25) is 15.6 Å². The van der Waals surface area contributed by atoms with Crippen LogP contribution in [0.4, 0.5) is 0 Å². The largest absolute Gasteiger partial charge is 0.361 e. The van der Waals surface area contributed by atoms with Crippen LogP contribution in [0.2, 0.25) is 0 Å². The van der Waals surface area contributed by atoms with Gasteiger partial charge < -0.3 is 5.32 Å². The molecule has 1 unspecified atom stereocenters. The second-order valence-corrected chi connectivity index (χ2v) is 8.97. The fourth-order valence-electron chi connectivity index (χ4n) is 2.27. The lowest BCUT2D eigenvalue weighted by Crippen LogP contribution is -2.52. The summed E-state index contributed by atoms with van der Waals surface area (Å²) in [5.74, 6) is 0.529. The van der Waals surface area contributed by atoms with Crippen molar-refractivity contribution in [1.29, 1.82) is 0 Å². The van der Waals surface area contributed by atoms with E-state index in [4.69, 9.17) is 12.2 Å². The van der Waals surface area contributed by atoms with Crippen LogP contribution in [0.15, 0.2) is 0 Å². The Labute approximate surface area is 148 Å². The standard InChI is InChI=1S/C13H26N4O3S3/c1-3-23(19,20)17-8-4-6-11(10-17)12(18)15-16-13(21)14-7-5-9-22-2/h11H,3-10H2,1-2H3,(H,15,18)(H2,14,16,21). The molecule has 0 saturated carbocycles. The molecular weight excluding hydrogens is 356 g/mol. The molecule has 23 heavy (non-hydrogen) atoms. The van der Waals surface area contributed by atoms with Crippen LogP contribution in [0.1, 0.15) is 26.2 Å². The molecule has 0 radical (unpaired) electrons. The van der Waals surface area contributed by atoms with Gasteiger partial charge in [-0.15, -0.1) is 0 Å². The first kappa shape index (κ1) is 20.5. The van der Waals surface area contributed by atoms with Crippen LogP contribution in [0, 0.1) is 5.92 Å². The van der Waals surface area contributed by atoms with Gasteiger partial charge in [0.2, 0.25) is 15.9 Å². The predicted octanol–water partition coefficient (Wildman–Crippen LogP) is 0.297. The summed E-state index contributed by atoms with van der Waals surface area (Å²) in [4.78, 5) is 12.2. The molecule has 1 fully saturated rings. The Hall–Kier alpha value is -0.580. The Balaban J connectivity index is 2.35. The molecule has 0 aromatic heterocycles. The van der Waals surface area contributed by atoms with Crippen molar-refractivity contribution >= 4 is 45.0 Å². The molecule has 1 aliphatic heterocycles. The van der Waals surface area contributed by atoms with Gasteiger partial charge in [0.25, 0.3) is 0 Å². The average Bonchev–Trinajstić information content (AvgIpc) is 2.56. The van der Waals surface area contributed by atoms with Crippen LogP contribution in [0.5, 0.6) is 0 Å². The minimum atomic E-state index is -3.24. The van der Waals surface area contributed by atoms with Gasteiger partial charge in [-0.05, 0) is 50.4 Å². The molecule has 1 aliphatic rings. The van der Waals surface area contributed by atoms with Crippen molar-refractivity contribution in [1.82, 2.24) is 20.5 Å². The van der Waals surface area contributed by atoms with Crippen LogP contribution in [0.3, 0.4) is 0 Å². The highest BCUT2D eigenvalue weighted by Gasteiger charge is 2.31. The summed E-state index contributed by atoms with van der Waals surface area (Å²) in [6.45, 7) is 3.08. The number of sulfonamides is 1. The first-order valence-corrected chi connectivity index (χ1v) is 11.1. The maximum absolute atomic E-state index is 12.2. The van der Waals surface area contributed by atoms with Crippen molar-refractivity contribution in [3.8, 4) is 0 Å². The summed E-state index contributed by atoms with van der Waals surface area (Å²) < 4.78 is 25.2. The monoisotopic (exact) mass is 382 g/mol. The molecule has 0 aromatic rings. The first-order chi connectivity index (χ1) is 10.9. The number of piperidine rings is 1. The molecule has 1 amide bonds. The molecule has 1 atom stereocenters. The molecule has 134 valence electrons. The number of thiocarbonyl (C=S) groups is 1. The lowest BCUT2D eigenvalue weighted by Gasteiger charge is -2.30. The molecule has 1 heterocycles. The van der Waals surface area contributed by atoms with E-state index in [2.05, 4.69) is 16.2 Å². The van der Waals surface area contributed by atoms with Crippen LogP contribution in [-0.4, -0.2) is 61.1 Å². The van der Waals surface area contributed by atoms with E-state index in [0.717, 1.165) is 18.7 Å². The first-order valence-electron chi connectivity index (χ1n) is 7.71. The molecule has 1 saturated heterocycles. The van der Waals surface area contributed by atoms with Gasteiger partial charge in [0.05, 0.1) is 11.7 Å². The molecule has 7 nitrogen and oxygen atoms in total. The van der Waals surface area contributed by atoms with Crippen molar-refractivity contribution < 1.29 is 13.2 Å². The van der Waals surface area contributed by atoms with Crippen LogP contribution in [0.25, 0.3) is 0 Å². The number of carbonyl (C=O) groups is 1. The summed E-state index contributed by atoms with van der Waals surface area (Å²) in [6.07, 6.45) is 4.40. The van der Waals surface area contributed by atoms with Crippen LogP contribution < -0.4 is 16.2 Å². The van der Waals surface area contributed by atoms with Gasteiger partial charge in [-0.2, -0.15) is 11.8 Å². The second-order valence-electron chi connectivity index (χ2n) is 5.31. The van der Waals surface area contributed by atoms with E-state index in [-0.39, 0.29) is 24.1 Å². The molecular formula is C13H26N4O3S3. The topological polar surface area (TPSA) is 90.5 Å². The van der Waals surface area contributed by atoms with Crippen LogP contribution in [-0.2, 0) is 14.8 Å². The third kappa shape index (κ3) is 7.23. The van der Waals surface area contributed by atoms with E-state index in [0.29, 0.717) is 24.5 Å². The third-order valence-electron chi connectivity index (χ3n) is 3.62. The van der Waals surface area contributed by atoms with E-state index in [1.165, 1.54) is 4.31 Å². The molecule has 10 heteroatoms. The number of hydrogen-bond donors (Lipinski definition) is 3. The molecule has 0 spiro atoms. The summed E-state index contributed by atoms with van der Waals surface area (Å²) in [5, 5.41) is 3.37. The van der Waals surface area contributed by atoms with E-state index >= 15 is 0 Å². The van der Waals surface area contributed by atoms with Gasteiger partial charge in [0.15, 0.2) is 5.11 Å². The maximum atomic E-state index is 12.2. The van der Waals surface area contributed by atoms with Gasteiger partial charge in [-0.25, -0.2) is 12.7 Å². The third-order valence-corrected chi connectivity index (χ3v) is 6.41. The smallest absolute Gasteiger partial charge is 0.242 e. The summed E-state index contributed by atoms with van der Waals surface area (Å²) >= 11 is 6.84. The number of carbonyl (C=O) groups excluding carboxylic acids is 1. The number of rotatable bonds is 7. The van der Waals surface area contributed by atoms with E-state index in [1.54, 1.807) is 18.7 Å². The lowest BCUT2D eigenvalue weighted by molar-refractivity contribution is -0.126. The van der Waals surface area contributed by atoms with E-state index in [1.807, 2.05) is 6.26 Å². The van der Waals surface area contributed by atoms with Gasteiger partial charge in [0, 0.05) is 19.6 Å².